The molecule has 0 saturated heterocycles. The van der Waals surface area contributed by atoms with E-state index in [2.05, 4.69) is 78.0 Å². The van der Waals surface area contributed by atoms with Gasteiger partial charge in [0, 0.05) is 3.57 Å². The first kappa shape index (κ1) is 14.9. The Labute approximate surface area is 134 Å². The minimum Gasteiger partial charge on any atom is -0.113 e. The highest BCUT2D eigenvalue weighted by Crippen LogP contribution is 2.29. The molecule has 1 atom stereocenters. The Hall–Kier alpha value is -0.540. The van der Waals surface area contributed by atoms with E-state index in [1.807, 2.05) is 0 Å². The smallest absolute Gasteiger partial charge is 0.0835 e. The van der Waals surface area contributed by atoms with Crippen molar-refractivity contribution < 1.29 is 0 Å². The SMILES string of the molecule is CCCCc1ccc(C(Cl)c2cccc(I)c2)cc1. The molecule has 2 heteroatoms. The Morgan fingerprint density at radius 1 is 1.05 bits per heavy atom. The van der Waals surface area contributed by atoms with Crippen molar-refractivity contribution in [3.05, 3.63) is 68.8 Å². The van der Waals surface area contributed by atoms with Crippen LogP contribution in [-0.2, 0) is 6.42 Å². The average molecular weight is 385 g/mol. The summed E-state index contributed by atoms with van der Waals surface area (Å²) >= 11 is 8.88. The lowest BCUT2D eigenvalue weighted by Gasteiger charge is -2.11. The van der Waals surface area contributed by atoms with Crippen LogP contribution in [0.1, 0.15) is 41.8 Å². The third-order valence-electron chi connectivity index (χ3n) is 3.23. The van der Waals surface area contributed by atoms with Gasteiger partial charge in [0.1, 0.15) is 0 Å². The van der Waals surface area contributed by atoms with Gasteiger partial charge in [-0.3, -0.25) is 0 Å². The van der Waals surface area contributed by atoms with Crippen LogP contribution in [0.15, 0.2) is 48.5 Å². The number of alkyl halides is 1. The van der Waals surface area contributed by atoms with Crippen LogP contribution in [0.3, 0.4) is 0 Å². The average Bonchev–Trinajstić information content (AvgIpc) is 2.45. The largest absolute Gasteiger partial charge is 0.113 e. The molecule has 0 spiro atoms. The highest BCUT2D eigenvalue weighted by molar-refractivity contribution is 14.1. The number of unbranched alkanes of at least 4 members (excludes halogenated alkanes) is 1. The van der Waals surface area contributed by atoms with Gasteiger partial charge in [-0.1, -0.05) is 49.7 Å². The maximum absolute atomic E-state index is 6.56. The van der Waals surface area contributed by atoms with E-state index in [1.54, 1.807) is 0 Å². The summed E-state index contributed by atoms with van der Waals surface area (Å²) in [7, 11) is 0. The van der Waals surface area contributed by atoms with Crippen LogP contribution in [0.2, 0.25) is 0 Å². The number of aryl methyl sites for hydroxylation is 1. The van der Waals surface area contributed by atoms with E-state index in [4.69, 9.17) is 11.6 Å². The molecule has 0 aromatic heterocycles. The molecule has 0 fully saturated rings. The zero-order chi connectivity index (χ0) is 13.7. The second kappa shape index (κ2) is 7.30. The Kier molecular flexibility index (Phi) is 5.71. The lowest BCUT2D eigenvalue weighted by molar-refractivity contribution is 0.794. The summed E-state index contributed by atoms with van der Waals surface area (Å²) in [6.07, 6.45) is 3.65. The predicted molar refractivity (Wildman–Crippen MR) is 91.9 cm³/mol. The van der Waals surface area contributed by atoms with Crippen LogP contribution in [0.25, 0.3) is 0 Å². The van der Waals surface area contributed by atoms with Crippen LogP contribution in [0.5, 0.6) is 0 Å². The third kappa shape index (κ3) is 4.22. The Bertz CT molecular complexity index is 519. The predicted octanol–water partition coefficient (Wildman–Crippen LogP) is 5.96. The van der Waals surface area contributed by atoms with E-state index in [0.29, 0.717) is 0 Å². The molecule has 0 N–H and O–H groups in total. The summed E-state index contributed by atoms with van der Waals surface area (Å²) in [6, 6.07) is 17.1. The summed E-state index contributed by atoms with van der Waals surface area (Å²) in [5, 5.41) is -0.0602. The van der Waals surface area contributed by atoms with Crippen molar-refractivity contribution in [2.75, 3.05) is 0 Å². The van der Waals surface area contributed by atoms with Crippen LogP contribution >= 0.6 is 34.2 Å². The van der Waals surface area contributed by atoms with Gasteiger partial charge in [-0.15, -0.1) is 11.6 Å². The van der Waals surface area contributed by atoms with Gasteiger partial charge in [-0.2, -0.15) is 0 Å². The summed E-state index contributed by atoms with van der Waals surface area (Å²) < 4.78 is 1.22. The van der Waals surface area contributed by atoms with Crippen molar-refractivity contribution in [3.8, 4) is 0 Å². The Balaban J connectivity index is 2.13. The van der Waals surface area contributed by atoms with Crippen molar-refractivity contribution in [2.24, 2.45) is 0 Å². The highest BCUT2D eigenvalue weighted by atomic mass is 127. The molecular formula is C17H18ClI. The van der Waals surface area contributed by atoms with E-state index >= 15 is 0 Å². The van der Waals surface area contributed by atoms with Gasteiger partial charge in [-0.25, -0.2) is 0 Å². The van der Waals surface area contributed by atoms with Crippen LogP contribution in [0, 0.1) is 3.57 Å². The number of rotatable bonds is 5. The fourth-order valence-electron chi connectivity index (χ4n) is 2.09. The van der Waals surface area contributed by atoms with Gasteiger partial charge in [-0.05, 0) is 64.3 Å². The molecule has 2 rings (SSSR count). The highest BCUT2D eigenvalue weighted by Gasteiger charge is 2.10. The quantitative estimate of drug-likeness (QED) is 0.440. The molecule has 0 radical (unpaired) electrons. The lowest BCUT2D eigenvalue weighted by Crippen LogP contribution is -1.94. The van der Waals surface area contributed by atoms with Gasteiger partial charge < -0.3 is 0 Å². The molecule has 2 aromatic rings. The standard InChI is InChI=1S/C17H18ClI/c1-2-3-5-13-8-10-14(11-9-13)17(18)15-6-4-7-16(19)12-15/h4,6-12,17H,2-3,5H2,1H3. The molecule has 1 unspecified atom stereocenters. The Morgan fingerprint density at radius 2 is 1.79 bits per heavy atom. The third-order valence-corrected chi connectivity index (χ3v) is 4.41. The first-order chi connectivity index (χ1) is 9.20. The van der Waals surface area contributed by atoms with Crippen molar-refractivity contribution in [1.29, 1.82) is 0 Å². The fourth-order valence-corrected chi connectivity index (χ4v) is 2.94. The van der Waals surface area contributed by atoms with E-state index in [1.165, 1.54) is 27.5 Å². The molecule has 2 aromatic carbocycles. The summed E-state index contributed by atoms with van der Waals surface area (Å²) in [5.41, 5.74) is 3.73. The van der Waals surface area contributed by atoms with Crippen molar-refractivity contribution >= 4 is 34.2 Å². The number of halogens is 2. The fraction of sp³-hybridized carbons (Fsp3) is 0.294. The molecule has 100 valence electrons. The van der Waals surface area contributed by atoms with Crippen molar-refractivity contribution in [2.45, 2.75) is 31.6 Å². The molecule has 0 amide bonds. The molecule has 0 heterocycles. The first-order valence-electron chi connectivity index (χ1n) is 6.69. The van der Waals surface area contributed by atoms with Gasteiger partial charge >= 0.3 is 0 Å². The van der Waals surface area contributed by atoms with Crippen molar-refractivity contribution in [3.63, 3.8) is 0 Å². The molecule has 0 aliphatic heterocycles. The first-order valence-corrected chi connectivity index (χ1v) is 8.20. The minimum atomic E-state index is -0.0602. The maximum atomic E-state index is 6.56. The minimum absolute atomic E-state index is 0.0602. The van der Waals surface area contributed by atoms with E-state index in [0.717, 1.165) is 12.0 Å². The molecule has 0 nitrogen and oxygen atoms in total. The van der Waals surface area contributed by atoms with Crippen LogP contribution in [-0.4, -0.2) is 0 Å². The van der Waals surface area contributed by atoms with Crippen LogP contribution in [0.4, 0.5) is 0 Å². The topological polar surface area (TPSA) is 0 Å². The Morgan fingerprint density at radius 3 is 2.42 bits per heavy atom. The van der Waals surface area contributed by atoms with Gasteiger partial charge in [0.15, 0.2) is 0 Å². The number of benzene rings is 2. The zero-order valence-corrected chi connectivity index (χ0v) is 14.0. The van der Waals surface area contributed by atoms with Gasteiger partial charge in [0.05, 0.1) is 5.38 Å². The van der Waals surface area contributed by atoms with Crippen molar-refractivity contribution in [1.82, 2.24) is 0 Å². The second-order valence-electron chi connectivity index (χ2n) is 4.76. The summed E-state index contributed by atoms with van der Waals surface area (Å²) in [4.78, 5) is 0. The monoisotopic (exact) mass is 384 g/mol. The summed E-state index contributed by atoms with van der Waals surface area (Å²) in [5.74, 6) is 0. The molecule has 0 aliphatic carbocycles. The number of hydrogen-bond acceptors (Lipinski definition) is 0. The molecule has 0 bridgehead atoms. The molecule has 19 heavy (non-hydrogen) atoms. The van der Waals surface area contributed by atoms with E-state index in [9.17, 15) is 0 Å². The molecule has 0 aliphatic rings. The summed E-state index contributed by atoms with van der Waals surface area (Å²) in [6.45, 7) is 2.22. The molecular weight excluding hydrogens is 367 g/mol. The normalized spacial score (nSPS) is 12.4. The van der Waals surface area contributed by atoms with E-state index < -0.39 is 0 Å². The number of hydrogen-bond donors (Lipinski definition) is 0. The zero-order valence-electron chi connectivity index (χ0n) is 11.1. The lowest BCUT2D eigenvalue weighted by atomic mass is 10.0. The van der Waals surface area contributed by atoms with Gasteiger partial charge in [0.2, 0.25) is 0 Å². The molecule has 0 saturated carbocycles. The van der Waals surface area contributed by atoms with Gasteiger partial charge in [0.25, 0.3) is 0 Å². The maximum Gasteiger partial charge on any atom is 0.0835 e. The van der Waals surface area contributed by atoms with Crippen LogP contribution < -0.4 is 0 Å². The van der Waals surface area contributed by atoms with E-state index in [-0.39, 0.29) is 5.38 Å². The second-order valence-corrected chi connectivity index (χ2v) is 6.44.